The quantitative estimate of drug-likeness (QED) is 0.897. The molecule has 5 nitrogen and oxygen atoms in total. The number of benzene rings is 1. The van der Waals surface area contributed by atoms with Gasteiger partial charge in [-0.3, -0.25) is 0 Å². The summed E-state index contributed by atoms with van der Waals surface area (Å²) in [7, 11) is 5.28. The molecule has 0 spiro atoms. The standard InChI is InChI=1S/C17H26ClN3O2/c1-20(2)17(22)21-10-8-13(9-11-21)19-12-16(23-3)14-6-4-5-7-15(14)18/h4-7,13,16,19H,8-12H2,1-3H3/t16-/m0/s1. The Morgan fingerprint density at radius 3 is 2.61 bits per heavy atom. The van der Waals surface area contributed by atoms with Gasteiger partial charge in [0.15, 0.2) is 0 Å². The number of rotatable bonds is 5. The monoisotopic (exact) mass is 339 g/mol. The Balaban J connectivity index is 1.82. The van der Waals surface area contributed by atoms with Crippen LogP contribution in [-0.4, -0.2) is 62.7 Å². The Hall–Kier alpha value is -1.30. The summed E-state index contributed by atoms with van der Waals surface area (Å²) in [6.07, 6.45) is 1.85. The number of urea groups is 1. The van der Waals surface area contributed by atoms with Gasteiger partial charge in [0.1, 0.15) is 0 Å². The Kier molecular flexibility index (Phi) is 6.69. The molecule has 1 fully saturated rings. The number of nitrogens with one attached hydrogen (secondary N) is 1. The number of hydrogen-bond donors (Lipinski definition) is 1. The van der Waals surface area contributed by atoms with E-state index in [0.717, 1.165) is 36.5 Å². The lowest BCUT2D eigenvalue weighted by Crippen LogP contribution is -2.48. The van der Waals surface area contributed by atoms with Gasteiger partial charge in [0, 0.05) is 57.5 Å². The number of halogens is 1. The van der Waals surface area contributed by atoms with E-state index in [1.54, 1.807) is 26.1 Å². The number of methoxy groups -OCH3 is 1. The molecule has 2 rings (SSSR count). The third kappa shape index (κ3) is 4.83. The van der Waals surface area contributed by atoms with E-state index in [4.69, 9.17) is 16.3 Å². The molecule has 6 heteroatoms. The van der Waals surface area contributed by atoms with Crippen molar-refractivity contribution in [2.24, 2.45) is 0 Å². The lowest BCUT2D eigenvalue weighted by Gasteiger charge is -2.34. The first-order chi connectivity index (χ1) is 11.0. The van der Waals surface area contributed by atoms with Gasteiger partial charge in [0.05, 0.1) is 6.10 Å². The van der Waals surface area contributed by atoms with Crippen molar-refractivity contribution < 1.29 is 9.53 Å². The zero-order valence-electron chi connectivity index (χ0n) is 14.1. The summed E-state index contributed by atoms with van der Waals surface area (Å²) in [5, 5.41) is 4.28. The van der Waals surface area contributed by atoms with E-state index in [-0.39, 0.29) is 12.1 Å². The van der Waals surface area contributed by atoms with Gasteiger partial charge in [-0.25, -0.2) is 4.79 Å². The number of nitrogens with zero attached hydrogens (tertiary/aromatic N) is 2. The Morgan fingerprint density at radius 1 is 1.39 bits per heavy atom. The molecule has 1 atom stereocenters. The number of amides is 2. The van der Waals surface area contributed by atoms with Crippen LogP contribution >= 0.6 is 11.6 Å². The van der Waals surface area contributed by atoms with E-state index in [1.165, 1.54) is 0 Å². The predicted molar refractivity (Wildman–Crippen MR) is 92.9 cm³/mol. The first kappa shape index (κ1) is 18.0. The molecule has 0 aromatic heterocycles. The van der Waals surface area contributed by atoms with Gasteiger partial charge in [-0.15, -0.1) is 0 Å². The van der Waals surface area contributed by atoms with E-state index in [2.05, 4.69) is 5.32 Å². The van der Waals surface area contributed by atoms with Gasteiger partial charge in [-0.2, -0.15) is 0 Å². The van der Waals surface area contributed by atoms with Crippen LogP contribution < -0.4 is 5.32 Å². The average Bonchev–Trinajstić information content (AvgIpc) is 2.56. The minimum Gasteiger partial charge on any atom is -0.375 e. The maximum atomic E-state index is 11.9. The molecule has 1 saturated heterocycles. The van der Waals surface area contributed by atoms with Crippen molar-refractivity contribution in [3.8, 4) is 0 Å². The first-order valence-corrected chi connectivity index (χ1v) is 8.37. The van der Waals surface area contributed by atoms with Crippen LogP contribution in [0.15, 0.2) is 24.3 Å². The van der Waals surface area contributed by atoms with Crippen LogP contribution in [0.2, 0.25) is 5.02 Å². The molecule has 1 aliphatic rings. The second-order valence-corrected chi connectivity index (χ2v) is 6.50. The summed E-state index contributed by atoms with van der Waals surface area (Å²) < 4.78 is 5.58. The largest absolute Gasteiger partial charge is 0.375 e. The van der Waals surface area contributed by atoms with Crippen LogP contribution in [0.4, 0.5) is 4.79 Å². The van der Waals surface area contributed by atoms with Crippen LogP contribution in [0, 0.1) is 0 Å². The molecule has 128 valence electrons. The van der Waals surface area contributed by atoms with E-state index in [1.807, 2.05) is 29.2 Å². The van der Waals surface area contributed by atoms with Crippen molar-refractivity contribution in [3.63, 3.8) is 0 Å². The van der Waals surface area contributed by atoms with Crippen LogP contribution in [0.3, 0.4) is 0 Å². The maximum Gasteiger partial charge on any atom is 0.319 e. The lowest BCUT2D eigenvalue weighted by molar-refractivity contribution is 0.0946. The molecule has 1 heterocycles. The van der Waals surface area contributed by atoms with Gasteiger partial charge in [0.25, 0.3) is 0 Å². The van der Waals surface area contributed by atoms with Crippen LogP contribution in [0.25, 0.3) is 0 Å². The van der Waals surface area contributed by atoms with Crippen LogP contribution in [-0.2, 0) is 4.74 Å². The fraction of sp³-hybridized carbons (Fsp3) is 0.588. The molecular formula is C17H26ClN3O2. The molecular weight excluding hydrogens is 314 g/mol. The van der Waals surface area contributed by atoms with Gasteiger partial charge >= 0.3 is 6.03 Å². The number of ether oxygens (including phenoxy) is 1. The SMILES string of the molecule is CO[C@@H](CNC1CCN(C(=O)N(C)C)CC1)c1ccccc1Cl. The topological polar surface area (TPSA) is 44.8 Å². The summed E-state index contributed by atoms with van der Waals surface area (Å²) in [4.78, 5) is 15.5. The number of likely N-dealkylation sites (tertiary alicyclic amines) is 1. The number of piperidine rings is 1. The molecule has 2 amide bonds. The van der Waals surface area contributed by atoms with Crippen molar-refractivity contribution in [1.29, 1.82) is 0 Å². The molecule has 0 aliphatic carbocycles. The van der Waals surface area contributed by atoms with Gasteiger partial charge in [0.2, 0.25) is 0 Å². The number of hydrogen-bond acceptors (Lipinski definition) is 3. The lowest BCUT2D eigenvalue weighted by atomic mass is 10.0. The third-order valence-corrected chi connectivity index (χ3v) is 4.62. The van der Waals surface area contributed by atoms with Gasteiger partial charge in [-0.05, 0) is 18.9 Å². The molecule has 0 bridgehead atoms. The Labute approximate surface area is 143 Å². The predicted octanol–water partition coefficient (Wildman–Crippen LogP) is 2.76. The number of carbonyl (C=O) groups excluding carboxylic acids is 1. The minimum atomic E-state index is -0.0647. The van der Waals surface area contributed by atoms with Crippen molar-refractivity contribution in [3.05, 3.63) is 34.9 Å². The first-order valence-electron chi connectivity index (χ1n) is 7.99. The Bertz CT molecular complexity index is 516. The van der Waals surface area contributed by atoms with E-state index >= 15 is 0 Å². The van der Waals surface area contributed by atoms with Gasteiger partial charge < -0.3 is 19.9 Å². The summed E-state index contributed by atoms with van der Waals surface area (Å²) in [5.41, 5.74) is 1.00. The third-order valence-electron chi connectivity index (χ3n) is 4.28. The maximum absolute atomic E-state index is 11.9. The Morgan fingerprint density at radius 2 is 2.04 bits per heavy atom. The highest BCUT2D eigenvalue weighted by atomic mass is 35.5. The summed E-state index contributed by atoms with van der Waals surface area (Å²) in [6, 6.07) is 8.27. The molecule has 1 aliphatic heterocycles. The van der Waals surface area contributed by atoms with Crippen molar-refractivity contribution in [1.82, 2.24) is 15.1 Å². The second kappa shape index (κ2) is 8.52. The van der Waals surface area contributed by atoms with Crippen molar-refractivity contribution in [2.45, 2.75) is 25.0 Å². The number of carbonyl (C=O) groups is 1. The summed E-state index contributed by atoms with van der Waals surface area (Å²) in [5.74, 6) is 0. The summed E-state index contributed by atoms with van der Waals surface area (Å²) in [6.45, 7) is 2.30. The molecule has 1 aromatic carbocycles. The molecule has 1 N–H and O–H groups in total. The van der Waals surface area contributed by atoms with E-state index in [0.29, 0.717) is 12.6 Å². The molecule has 0 radical (unpaired) electrons. The van der Waals surface area contributed by atoms with Crippen LogP contribution in [0.5, 0.6) is 0 Å². The highest BCUT2D eigenvalue weighted by molar-refractivity contribution is 6.31. The minimum absolute atomic E-state index is 0.0647. The molecule has 23 heavy (non-hydrogen) atoms. The van der Waals surface area contributed by atoms with E-state index < -0.39 is 0 Å². The molecule has 0 saturated carbocycles. The smallest absolute Gasteiger partial charge is 0.319 e. The van der Waals surface area contributed by atoms with Crippen molar-refractivity contribution in [2.75, 3.05) is 40.8 Å². The highest BCUT2D eigenvalue weighted by Gasteiger charge is 2.24. The second-order valence-electron chi connectivity index (χ2n) is 6.09. The average molecular weight is 340 g/mol. The van der Waals surface area contributed by atoms with Crippen molar-refractivity contribution >= 4 is 17.6 Å². The van der Waals surface area contributed by atoms with Gasteiger partial charge in [-0.1, -0.05) is 29.8 Å². The zero-order valence-corrected chi connectivity index (χ0v) is 14.8. The summed E-state index contributed by atoms with van der Waals surface area (Å²) >= 11 is 6.25. The molecule has 1 aromatic rings. The fourth-order valence-electron chi connectivity index (χ4n) is 2.89. The van der Waals surface area contributed by atoms with E-state index in [9.17, 15) is 4.79 Å². The highest BCUT2D eigenvalue weighted by Crippen LogP contribution is 2.25. The van der Waals surface area contributed by atoms with Crippen LogP contribution in [0.1, 0.15) is 24.5 Å². The fourth-order valence-corrected chi connectivity index (χ4v) is 3.15. The normalized spacial score (nSPS) is 17.1. The zero-order chi connectivity index (χ0) is 16.8. The molecule has 0 unspecified atom stereocenters.